The van der Waals surface area contributed by atoms with Crippen LogP contribution in [0.1, 0.15) is 18.9 Å². The van der Waals surface area contributed by atoms with Crippen LogP contribution in [0.5, 0.6) is 0 Å². The number of likely N-dealkylation sites (tertiary alicyclic amines) is 1. The standard InChI is InChI=1S/C13H18N2O3/c1-10-8-14(7-6-13(10)16)9-11-4-2-3-5-12(11)15(17)18/h2-5,10,13,16H,6-9H2,1H3. The van der Waals surface area contributed by atoms with Crippen LogP contribution in [0.25, 0.3) is 0 Å². The molecule has 0 spiro atoms. The Morgan fingerprint density at radius 2 is 2.22 bits per heavy atom. The number of aliphatic hydroxyl groups excluding tert-OH is 1. The number of piperidine rings is 1. The highest BCUT2D eigenvalue weighted by molar-refractivity contribution is 5.39. The van der Waals surface area contributed by atoms with Crippen molar-refractivity contribution in [3.8, 4) is 0 Å². The molecule has 2 atom stereocenters. The summed E-state index contributed by atoms with van der Waals surface area (Å²) in [6.45, 7) is 4.16. The van der Waals surface area contributed by atoms with Gasteiger partial charge in [-0.3, -0.25) is 15.0 Å². The summed E-state index contributed by atoms with van der Waals surface area (Å²) in [5, 5.41) is 20.6. The lowest BCUT2D eigenvalue weighted by Gasteiger charge is -2.34. The quantitative estimate of drug-likeness (QED) is 0.656. The zero-order valence-corrected chi connectivity index (χ0v) is 10.5. The highest BCUT2D eigenvalue weighted by Crippen LogP contribution is 2.23. The summed E-state index contributed by atoms with van der Waals surface area (Å²) in [4.78, 5) is 12.8. The summed E-state index contributed by atoms with van der Waals surface area (Å²) in [5.74, 6) is 0.224. The van der Waals surface area contributed by atoms with E-state index in [4.69, 9.17) is 0 Å². The van der Waals surface area contributed by atoms with Crippen molar-refractivity contribution in [3.05, 3.63) is 39.9 Å². The first-order chi connectivity index (χ1) is 8.58. The van der Waals surface area contributed by atoms with Gasteiger partial charge in [0, 0.05) is 31.3 Å². The molecule has 98 valence electrons. The number of benzene rings is 1. The zero-order chi connectivity index (χ0) is 13.1. The number of nitro groups is 1. The predicted octanol–water partition coefficient (Wildman–Crippen LogP) is 1.80. The Labute approximate surface area is 106 Å². The van der Waals surface area contributed by atoms with Crippen LogP contribution in [-0.2, 0) is 6.54 Å². The fraction of sp³-hybridized carbons (Fsp3) is 0.538. The Kier molecular flexibility index (Phi) is 3.93. The molecule has 1 aromatic rings. The molecule has 1 saturated heterocycles. The van der Waals surface area contributed by atoms with E-state index in [2.05, 4.69) is 4.90 Å². The average molecular weight is 250 g/mol. The van der Waals surface area contributed by atoms with E-state index in [0.717, 1.165) is 25.1 Å². The average Bonchev–Trinajstić information content (AvgIpc) is 2.34. The van der Waals surface area contributed by atoms with Crippen LogP contribution in [0.15, 0.2) is 24.3 Å². The smallest absolute Gasteiger partial charge is 0.273 e. The largest absolute Gasteiger partial charge is 0.393 e. The van der Waals surface area contributed by atoms with Crippen LogP contribution >= 0.6 is 0 Å². The normalized spacial score (nSPS) is 25.0. The molecule has 5 heteroatoms. The monoisotopic (exact) mass is 250 g/mol. The minimum atomic E-state index is -0.336. The minimum absolute atomic E-state index is 0.177. The fourth-order valence-corrected chi connectivity index (χ4v) is 2.43. The lowest BCUT2D eigenvalue weighted by molar-refractivity contribution is -0.385. The molecule has 1 aromatic carbocycles. The highest BCUT2D eigenvalue weighted by atomic mass is 16.6. The number of nitro benzene ring substituents is 1. The van der Waals surface area contributed by atoms with Gasteiger partial charge < -0.3 is 5.11 Å². The number of nitrogens with zero attached hydrogens (tertiary/aromatic N) is 2. The van der Waals surface area contributed by atoms with Gasteiger partial charge in [0.15, 0.2) is 0 Å². The van der Waals surface area contributed by atoms with Gasteiger partial charge in [-0.15, -0.1) is 0 Å². The lowest BCUT2D eigenvalue weighted by Crippen LogP contribution is -2.41. The van der Waals surface area contributed by atoms with Crippen molar-refractivity contribution in [3.63, 3.8) is 0 Å². The maximum Gasteiger partial charge on any atom is 0.273 e. The molecule has 1 aliphatic heterocycles. The second-order valence-corrected chi connectivity index (χ2v) is 4.95. The van der Waals surface area contributed by atoms with Crippen LogP contribution in [0.2, 0.25) is 0 Å². The maximum absolute atomic E-state index is 10.9. The Morgan fingerprint density at radius 3 is 2.89 bits per heavy atom. The van der Waals surface area contributed by atoms with Gasteiger partial charge in [0.05, 0.1) is 11.0 Å². The first-order valence-electron chi connectivity index (χ1n) is 6.20. The van der Waals surface area contributed by atoms with Crippen LogP contribution in [0, 0.1) is 16.0 Å². The molecule has 0 amide bonds. The van der Waals surface area contributed by atoms with Crippen molar-refractivity contribution in [1.82, 2.24) is 4.90 Å². The second-order valence-electron chi connectivity index (χ2n) is 4.95. The van der Waals surface area contributed by atoms with Crippen LogP contribution < -0.4 is 0 Å². The third kappa shape index (κ3) is 2.86. The van der Waals surface area contributed by atoms with Gasteiger partial charge in [0.25, 0.3) is 5.69 Å². The predicted molar refractivity (Wildman–Crippen MR) is 68.2 cm³/mol. The van der Waals surface area contributed by atoms with Gasteiger partial charge in [-0.1, -0.05) is 25.1 Å². The van der Waals surface area contributed by atoms with E-state index in [9.17, 15) is 15.2 Å². The summed E-state index contributed by atoms with van der Waals surface area (Å²) >= 11 is 0. The second kappa shape index (κ2) is 5.46. The van der Waals surface area contributed by atoms with Crippen molar-refractivity contribution < 1.29 is 10.0 Å². The molecule has 1 N–H and O–H groups in total. The Bertz CT molecular complexity index is 436. The number of para-hydroxylation sites is 1. The molecule has 2 unspecified atom stereocenters. The summed E-state index contributed by atoms with van der Waals surface area (Å²) in [6.07, 6.45) is 0.494. The van der Waals surface area contributed by atoms with Crippen molar-refractivity contribution in [2.75, 3.05) is 13.1 Å². The fourth-order valence-electron chi connectivity index (χ4n) is 2.43. The van der Waals surface area contributed by atoms with Gasteiger partial charge in [0.2, 0.25) is 0 Å². The topological polar surface area (TPSA) is 66.6 Å². The molecule has 0 aromatic heterocycles. The van der Waals surface area contributed by atoms with Crippen molar-refractivity contribution in [2.24, 2.45) is 5.92 Å². The third-order valence-corrected chi connectivity index (χ3v) is 3.53. The van der Waals surface area contributed by atoms with Gasteiger partial charge in [0.1, 0.15) is 0 Å². The molecular formula is C13H18N2O3. The summed E-state index contributed by atoms with van der Waals surface area (Å²) in [5.41, 5.74) is 0.919. The molecular weight excluding hydrogens is 232 g/mol. The van der Waals surface area contributed by atoms with E-state index in [0.29, 0.717) is 6.54 Å². The van der Waals surface area contributed by atoms with E-state index >= 15 is 0 Å². The maximum atomic E-state index is 10.9. The molecule has 5 nitrogen and oxygen atoms in total. The van der Waals surface area contributed by atoms with E-state index < -0.39 is 0 Å². The SMILES string of the molecule is CC1CN(Cc2ccccc2[N+](=O)[O-])CCC1O. The molecule has 0 aliphatic carbocycles. The van der Waals surface area contributed by atoms with Gasteiger partial charge in [-0.2, -0.15) is 0 Å². The molecule has 0 saturated carbocycles. The number of hydrogen-bond donors (Lipinski definition) is 1. The van der Waals surface area contributed by atoms with Crippen molar-refractivity contribution in [2.45, 2.75) is 26.0 Å². The van der Waals surface area contributed by atoms with Gasteiger partial charge in [-0.05, 0) is 12.3 Å². The number of hydrogen-bond acceptors (Lipinski definition) is 4. The minimum Gasteiger partial charge on any atom is -0.393 e. The Morgan fingerprint density at radius 1 is 1.50 bits per heavy atom. The Hall–Kier alpha value is -1.46. The first kappa shape index (κ1) is 13.0. The van der Waals surface area contributed by atoms with Gasteiger partial charge >= 0.3 is 0 Å². The molecule has 0 bridgehead atoms. The molecule has 1 aliphatic rings. The molecule has 2 rings (SSSR count). The van der Waals surface area contributed by atoms with Crippen molar-refractivity contribution >= 4 is 5.69 Å². The molecule has 1 heterocycles. The zero-order valence-electron chi connectivity index (χ0n) is 10.5. The summed E-state index contributed by atoms with van der Waals surface area (Å²) < 4.78 is 0. The van der Waals surface area contributed by atoms with Crippen LogP contribution in [0.4, 0.5) is 5.69 Å². The summed E-state index contributed by atoms with van der Waals surface area (Å²) in [6, 6.07) is 6.85. The summed E-state index contributed by atoms with van der Waals surface area (Å²) in [7, 11) is 0. The van der Waals surface area contributed by atoms with E-state index in [1.54, 1.807) is 12.1 Å². The lowest BCUT2D eigenvalue weighted by atomic mass is 9.96. The van der Waals surface area contributed by atoms with Crippen LogP contribution in [0.3, 0.4) is 0 Å². The first-order valence-corrected chi connectivity index (χ1v) is 6.20. The van der Waals surface area contributed by atoms with Crippen LogP contribution in [-0.4, -0.2) is 34.1 Å². The highest BCUT2D eigenvalue weighted by Gasteiger charge is 2.25. The molecule has 0 radical (unpaired) electrons. The Balaban J connectivity index is 2.08. The van der Waals surface area contributed by atoms with Gasteiger partial charge in [-0.25, -0.2) is 0 Å². The molecule has 18 heavy (non-hydrogen) atoms. The molecule has 1 fully saturated rings. The number of aliphatic hydroxyl groups is 1. The van der Waals surface area contributed by atoms with E-state index in [-0.39, 0.29) is 22.6 Å². The van der Waals surface area contributed by atoms with E-state index in [1.807, 2.05) is 13.0 Å². The number of rotatable bonds is 3. The third-order valence-electron chi connectivity index (χ3n) is 3.53. The van der Waals surface area contributed by atoms with Crippen molar-refractivity contribution in [1.29, 1.82) is 0 Å². The van der Waals surface area contributed by atoms with E-state index in [1.165, 1.54) is 6.07 Å².